The van der Waals surface area contributed by atoms with Crippen LogP contribution in [0.15, 0.2) is 24.3 Å². The summed E-state index contributed by atoms with van der Waals surface area (Å²) in [4.78, 5) is 8.69. The van der Waals surface area contributed by atoms with Gasteiger partial charge in [0.25, 0.3) is 5.88 Å². The molecule has 2 heterocycles. The number of nitrogens with one attached hydrogen (secondary N) is 1. The van der Waals surface area contributed by atoms with E-state index in [-0.39, 0.29) is 18.5 Å². The minimum atomic E-state index is 0. The fourth-order valence-corrected chi connectivity index (χ4v) is 1.97. The SMILES string of the molecule is Cl.Nc1nc2ccccc2nc1O[C@H]1CCNC1. The first kappa shape index (κ1) is 12.9. The van der Waals surface area contributed by atoms with Crippen LogP contribution in [0.1, 0.15) is 6.42 Å². The first-order valence-corrected chi connectivity index (χ1v) is 5.72. The van der Waals surface area contributed by atoms with Crippen LogP contribution >= 0.6 is 12.4 Å². The third-order valence-electron chi connectivity index (χ3n) is 2.86. The first-order chi connectivity index (χ1) is 8.33. The quantitative estimate of drug-likeness (QED) is 0.859. The molecule has 1 aromatic heterocycles. The third kappa shape index (κ3) is 2.47. The minimum Gasteiger partial charge on any atom is -0.470 e. The smallest absolute Gasteiger partial charge is 0.258 e. The summed E-state index contributed by atoms with van der Waals surface area (Å²) >= 11 is 0. The molecule has 3 N–H and O–H groups in total. The lowest BCUT2D eigenvalue weighted by atomic mass is 10.3. The molecule has 1 atom stereocenters. The summed E-state index contributed by atoms with van der Waals surface area (Å²) in [6.07, 6.45) is 1.13. The molecule has 0 unspecified atom stereocenters. The van der Waals surface area contributed by atoms with E-state index in [0.717, 1.165) is 30.5 Å². The summed E-state index contributed by atoms with van der Waals surface area (Å²) in [5, 5.41) is 3.24. The van der Waals surface area contributed by atoms with Gasteiger partial charge in [-0.05, 0) is 25.1 Å². The normalized spacial score (nSPS) is 18.6. The highest BCUT2D eigenvalue weighted by molar-refractivity contribution is 5.85. The van der Waals surface area contributed by atoms with Crippen molar-refractivity contribution in [3.8, 4) is 5.88 Å². The van der Waals surface area contributed by atoms with Crippen molar-refractivity contribution in [1.82, 2.24) is 15.3 Å². The van der Waals surface area contributed by atoms with Crippen molar-refractivity contribution in [2.24, 2.45) is 0 Å². The summed E-state index contributed by atoms with van der Waals surface area (Å²) in [7, 11) is 0. The minimum absolute atomic E-state index is 0. The molecule has 1 fully saturated rings. The molecule has 0 radical (unpaired) electrons. The molecule has 1 aliphatic heterocycles. The summed E-state index contributed by atoms with van der Waals surface area (Å²) in [5.41, 5.74) is 7.45. The van der Waals surface area contributed by atoms with E-state index in [1.54, 1.807) is 0 Å². The third-order valence-corrected chi connectivity index (χ3v) is 2.86. The molecule has 5 nitrogen and oxygen atoms in total. The number of nitrogen functional groups attached to an aromatic ring is 1. The average molecular weight is 267 g/mol. The lowest BCUT2D eigenvalue weighted by molar-refractivity contribution is 0.215. The van der Waals surface area contributed by atoms with Gasteiger partial charge in [-0.25, -0.2) is 9.97 Å². The molecule has 0 aliphatic carbocycles. The average Bonchev–Trinajstić information content (AvgIpc) is 2.83. The number of hydrogen-bond acceptors (Lipinski definition) is 5. The van der Waals surface area contributed by atoms with E-state index in [1.807, 2.05) is 24.3 Å². The van der Waals surface area contributed by atoms with Crippen molar-refractivity contribution in [1.29, 1.82) is 0 Å². The van der Waals surface area contributed by atoms with Crippen molar-refractivity contribution in [2.45, 2.75) is 12.5 Å². The molecule has 3 rings (SSSR count). The zero-order valence-electron chi connectivity index (χ0n) is 9.80. The van der Waals surface area contributed by atoms with Crippen LogP contribution in [0.5, 0.6) is 5.88 Å². The van der Waals surface area contributed by atoms with Gasteiger partial charge in [-0.1, -0.05) is 12.1 Å². The maximum atomic E-state index is 5.85. The summed E-state index contributed by atoms with van der Waals surface area (Å²) in [6, 6.07) is 7.63. The Labute approximate surface area is 111 Å². The van der Waals surface area contributed by atoms with Crippen LogP contribution in [0.3, 0.4) is 0 Å². The van der Waals surface area contributed by atoms with Crippen LogP contribution < -0.4 is 15.8 Å². The highest BCUT2D eigenvalue weighted by atomic mass is 35.5. The largest absolute Gasteiger partial charge is 0.470 e. The first-order valence-electron chi connectivity index (χ1n) is 5.72. The predicted molar refractivity (Wildman–Crippen MR) is 73.1 cm³/mol. The van der Waals surface area contributed by atoms with Gasteiger partial charge in [0.05, 0.1) is 11.0 Å². The van der Waals surface area contributed by atoms with Crippen molar-refractivity contribution in [3.63, 3.8) is 0 Å². The molecule has 18 heavy (non-hydrogen) atoms. The van der Waals surface area contributed by atoms with Crippen LogP contribution in [0.4, 0.5) is 5.82 Å². The molecule has 0 spiro atoms. The number of para-hydroxylation sites is 2. The monoisotopic (exact) mass is 266 g/mol. The number of halogens is 1. The van der Waals surface area contributed by atoms with Gasteiger partial charge < -0.3 is 15.8 Å². The number of aromatic nitrogens is 2. The van der Waals surface area contributed by atoms with E-state index in [4.69, 9.17) is 10.5 Å². The number of nitrogens with zero attached hydrogens (tertiary/aromatic N) is 2. The van der Waals surface area contributed by atoms with Crippen LogP contribution in [-0.2, 0) is 0 Å². The number of nitrogens with two attached hydrogens (primary N) is 1. The highest BCUT2D eigenvalue weighted by Crippen LogP contribution is 2.22. The molecule has 2 aromatic rings. The van der Waals surface area contributed by atoms with Gasteiger partial charge in [0.15, 0.2) is 5.82 Å². The molecule has 6 heteroatoms. The maximum absolute atomic E-state index is 5.85. The molecule has 1 aromatic carbocycles. The molecular weight excluding hydrogens is 252 g/mol. The standard InChI is InChI=1S/C12H14N4O.ClH/c13-11-12(17-8-5-6-14-7-8)16-10-4-2-1-3-9(10)15-11;/h1-4,8,14H,5-7H2,(H2,13,15);1H/t8-;/m0./s1. The predicted octanol–water partition coefficient (Wildman–Crippen LogP) is 1.37. The van der Waals surface area contributed by atoms with E-state index < -0.39 is 0 Å². The number of benzene rings is 1. The lowest BCUT2D eigenvalue weighted by Crippen LogP contribution is -2.21. The van der Waals surface area contributed by atoms with E-state index >= 15 is 0 Å². The molecule has 96 valence electrons. The number of hydrogen-bond donors (Lipinski definition) is 2. The van der Waals surface area contributed by atoms with Crippen molar-refractivity contribution in [2.75, 3.05) is 18.8 Å². The van der Waals surface area contributed by atoms with Crippen molar-refractivity contribution >= 4 is 29.3 Å². The Bertz CT molecular complexity index is 543. The second-order valence-electron chi connectivity index (χ2n) is 4.14. The van der Waals surface area contributed by atoms with E-state index in [0.29, 0.717) is 11.7 Å². The number of ether oxygens (including phenoxy) is 1. The Morgan fingerprint density at radius 3 is 2.61 bits per heavy atom. The summed E-state index contributed by atoms with van der Waals surface area (Å²) < 4.78 is 5.75. The van der Waals surface area contributed by atoms with Gasteiger partial charge >= 0.3 is 0 Å². The molecule has 0 amide bonds. The second kappa shape index (κ2) is 5.37. The maximum Gasteiger partial charge on any atom is 0.258 e. The van der Waals surface area contributed by atoms with Crippen molar-refractivity contribution in [3.05, 3.63) is 24.3 Å². The second-order valence-corrected chi connectivity index (χ2v) is 4.14. The van der Waals surface area contributed by atoms with Crippen LogP contribution in [0, 0.1) is 0 Å². The zero-order chi connectivity index (χ0) is 11.7. The molecule has 1 saturated heterocycles. The fraction of sp³-hybridized carbons (Fsp3) is 0.333. The van der Waals surface area contributed by atoms with E-state index in [2.05, 4.69) is 15.3 Å². The van der Waals surface area contributed by atoms with Crippen LogP contribution in [-0.4, -0.2) is 29.2 Å². The van der Waals surface area contributed by atoms with Gasteiger partial charge in [-0.3, -0.25) is 0 Å². The van der Waals surface area contributed by atoms with E-state index in [9.17, 15) is 0 Å². The number of rotatable bonds is 2. The van der Waals surface area contributed by atoms with Gasteiger partial charge in [-0.15, -0.1) is 12.4 Å². The molecular formula is C12H15ClN4O. The van der Waals surface area contributed by atoms with Crippen molar-refractivity contribution < 1.29 is 4.74 Å². The van der Waals surface area contributed by atoms with Gasteiger partial charge in [0.2, 0.25) is 0 Å². The topological polar surface area (TPSA) is 73.1 Å². The van der Waals surface area contributed by atoms with Crippen LogP contribution in [0.2, 0.25) is 0 Å². The Hall–Kier alpha value is -1.59. The Kier molecular flexibility index (Phi) is 3.84. The Morgan fingerprint density at radius 2 is 1.94 bits per heavy atom. The fourth-order valence-electron chi connectivity index (χ4n) is 1.97. The Morgan fingerprint density at radius 1 is 1.22 bits per heavy atom. The van der Waals surface area contributed by atoms with Crippen LogP contribution in [0.25, 0.3) is 11.0 Å². The lowest BCUT2D eigenvalue weighted by Gasteiger charge is -2.13. The Balaban J connectivity index is 0.00000120. The zero-order valence-corrected chi connectivity index (χ0v) is 10.6. The number of anilines is 1. The molecule has 0 bridgehead atoms. The van der Waals surface area contributed by atoms with Gasteiger partial charge in [0, 0.05) is 6.54 Å². The number of fused-ring (bicyclic) bond motifs is 1. The van der Waals surface area contributed by atoms with E-state index in [1.165, 1.54) is 0 Å². The van der Waals surface area contributed by atoms with Gasteiger partial charge in [-0.2, -0.15) is 0 Å². The summed E-state index contributed by atoms with van der Waals surface area (Å²) in [5.74, 6) is 0.799. The highest BCUT2D eigenvalue weighted by Gasteiger charge is 2.18. The molecule has 0 saturated carbocycles. The van der Waals surface area contributed by atoms with Gasteiger partial charge in [0.1, 0.15) is 6.10 Å². The summed E-state index contributed by atoms with van der Waals surface area (Å²) in [6.45, 7) is 1.82. The molecule has 1 aliphatic rings.